The molecule has 2 aliphatic rings. The minimum absolute atomic E-state index is 0.198. The molecule has 4 rings (SSSR count). The first-order valence-electron chi connectivity index (χ1n) is 7.84. The van der Waals surface area contributed by atoms with Gasteiger partial charge in [-0.2, -0.15) is 10.1 Å². The lowest BCUT2D eigenvalue weighted by atomic mass is 9.80. The zero-order chi connectivity index (χ0) is 16.7. The van der Waals surface area contributed by atoms with Crippen LogP contribution in [0.15, 0.2) is 36.3 Å². The highest BCUT2D eigenvalue weighted by atomic mass is 16.5. The van der Waals surface area contributed by atoms with Gasteiger partial charge >= 0.3 is 0 Å². The maximum Gasteiger partial charge on any atom is 0.226 e. The summed E-state index contributed by atoms with van der Waals surface area (Å²) in [6.07, 6.45) is 4.86. The van der Waals surface area contributed by atoms with Crippen LogP contribution >= 0.6 is 0 Å². The van der Waals surface area contributed by atoms with E-state index in [1.807, 2.05) is 18.2 Å². The van der Waals surface area contributed by atoms with Crippen LogP contribution in [0.3, 0.4) is 0 Å². The Kier molecular flexibility index (Phi) is 3.48. The standard InChI is InChI=1S/C17H18N4O3/c1-23-10-6-7-11(14(8-10)24-2)16-15-12(4-3-5-13(15)22)20-17-18-9-19-21(16)17/h4,6-9,15-16H,3,5H2,1-2H3,(H,18,19,20). The van der Waals surface area contributed by atoms with Crippen LogP contribution in [-0.2, 0) is 4.79 Å². The number of allylic oxidation sites excluding steroid dienone is 2. The van der Waals surface area contributed by atoms with Crippen molar-refractivity contribution in [1.82, 2.24) is 14.8 Å². The van der Waals surface area contributed by atoms with Crippen LogP contribution in [0.5, 0.6) is 11.5 Å². The summed E-state index contributed by atoms with van der Waals surface area (Å²) in [6, 6.07) is 5.33. The van der Waals surface area contributed by atoms with E-state index >= 15 is 0 Å². The highest BCUT2D eigenvalue weighted by Crippen LogP contribution is 2.44. The zero-order valence-electron chi connectivity index (χ0n) is 13.5. The number of hydrogen-bond acceptors (Lipinski definition) is 6. The lowest BCUT2D eigenvalue weighted by molar-refractivity contribution is -0.123. The number of nitrogens with one attached hydrogen (secondary N) is 1. The van der Waals surface area contributed by atoms with E-state index in [1.54, 1.807) is 18.9 Å². The Morgan fingerprint density at radius 1 is 1.29 bits per heavy atom. The van der Waals surface area contributed by atoms with Crippen LogP contribution in [0.1, 0.15) is 24.4 Å². The van der Waals surface area contributed by atoms with Crippen LogP contribution in [0.4, 0.5) is 5.95 Å². The first-order valence-corrected chi connectivity index (χ1v) is 7.84. The summed E-state index contributed by atoms with van der Waals surface area (Å²) in [6.45, 7) is 0. The van der Waals surface area contributed by atoms with E-state index in [2.05, 4.69) is 21.5 Å². The highest BCUT2D eigenvalue weighted by molar-refractivity contribution is 5.87. The van der Waals surface area contributed by atoms with Gasteiger partial charge in [-0.1, -0.05) is 6.08 Å². The van der Waals surface area contributed by atoms with Gasteiger partial charge in [0.05, 0.1) is 26.2 Å². The molecule has 2 atom stereocenters. The van der Waals surface area contributed by atoms with Crippen molar-refractivity contribution in [2.45, 2.75) is 18.9 Å². The molecule has 124 valence electrons. The van der Waals surface area contributed by atoms with Crippen molar-refractivity contribution in [3.05, 3.63) is 41.9 Å². The molecule has 1 N–H and O–H groups in total. The van der Waals surface area contributed by atoms with Crippen molar-refractivity contribution >= 4 is 11.7 Å². The third-order valence-corrected chi connectivity index (χ3v) is 4.60. The monoisotopic (exact) mass is 326 g/mol. The third kappa shape index (κ3) is 2.16. The van der Waals surface area contributed by atoms with Crippen LogP contribution in [-0.4, -0.2) is 34.8 Å². The van der Waals surface area contributed by atoms with E-state index in [-0.39, 0.29) is 17.7 Å². The fraction of sp³-hybridized carbons (Fsp3) is 0.353. The summed E-state index contributed by atoms with van der Waals surface area (Å²) < 4.78 is 12.6. The molecule has 24 heavy (non-hydrogen) atoms. The molecule has 1 aromatic carbocycles. The van der Waals surface area contributed by atoms with Crippen molar-refractivity contribution in [3.63, 3.8) is 0 Å². The minimum Gasteiger partial charge on any atom is -0.497 e. The number of hydrogen-bond donors (Lipinski definition) is 1. The van der Waals surface area contributed by atoms with E-state index in [4.69, 9.17) is 9.47 Å². The average Bonchev–Trinajstić information content (AvgIpc) is 3.07. The molecular formula is C17H18N4O3. The van der Waals surface area contributed by atoms with Gasteiger partial charge in [-0.25, -0.2) is 4.68 Å². The number of benzene rings is 1. The summed E-state index contributed by atoms with van der Waals surface area (Å²) in [5, 5.41) is 7.57. The van der Waals surface area contributed by atoms with Gasteiger partial charge in [0.2, 0.25) is 5.95 Å². The molecule has 1 aromatic heterocycles. The van der Waals surface area contributed by atoms with Crippen molar-refractivity contribution in [2.75, 3.05) is 19.5 Å². The molecule has 1 aliphatic carbocycles. The summed E-state index contributed by atoms with van der Waals surface area (Å²) >= 11 is 0. The first-order chi connectivity index (χ1) is 11.7. The maximum atomic E-state index is 12.7. The Morgan fingerprint density at radius 3 is 2.96 bits per heavy atom. The highest BCUT2D eigenvalue weighted by Gasteiger charge is 2.42. The second-order valence-electron chi connectivity index (χ2n) is 5.85. The molecule has 1 aliphatic heterocycles. The van der Waals surface area contributed by atoms with Crippen molar-refractivity contribution in [3.8, 4) is 11.5 Å². The van der Waals surface area contributed by atoms with Gasteiger partial charge in [0.15, 0.2) is 0 Å². The zero-order valence-corrected chi connectivity index (χ0v) is 13.5. The molecule has 0 amide bonds. The normalized spacial score (nSPS) is 22.1. The molecule has 0 radical (unpaired) electrons. The van der Waals surface area contributed by atoms with E-state index in [1.165, 1.54) is 6.33 Å². The van der Waals surface area contributed by atoms with E-state index in [0.29, 0.717) is 23.9 Å². The van der Waals surface area contributed by atoms with Crippen LogP contribution in [0.2, 0.25) is 0 Å². The van der Waals surface area contributed by atoms with Crippen molar-refractivity contribution in [2.24, 2.45) is 5.92 Å². The Morgan fingerprint density at radius 2 is 2.17 bits per heavy atom. The van der Waals surface area contributed by atoms with Gasteiger partial charge in [-0.05, 0) is 18.6 Å². The second kappa shape index (κ2) is 5.67. The number of ether oxygens (including phenoxy) is 2. The number of rotatable bonds is 3. The van der Waals surface area contributed by atoms with Gasteiger partial charge in [0.1, 0.15) is 23.6 Å². The van der Waals surface area contributed by atoms with Gasteiger partial charge in [0.25, 0.3) is 0 Å². The number of fused-ring (bicyclic) bond motifs is 2. The lowest BCUT2D eigenvalue weighted by Gasteiger charge is -2.36. The summed E-state index contributed by atoms with van der Waals surface area (Å²) in [7, 11) is 3.22. The van der Waals surface area contributed by atoms with Gasteiger partial charge < -0.3 is 14.8 Å². The Balaban J connectivity index is 1.90. The summed E-state index contributed by atoms with van der Waals surface area (Å²) in [5.74, 6) is 1.89. The molecule has 2 aromatic rings. The van der Waals surface area contributed by atoms with E-state index in [9.17, 15) is 4.79 Å². The molecule has 0 bridgehead atoms. The maximum absolute atomic E-state index is 12.7. The van der Waals surface area contributed by atoms with Crippen LogP contribution in [0, 0.1) is 5.92 Å². The van der Waals surface area contributed by atoms with Gasteiger partial charge in [-0.15, -0.1) is 0 Å². The number of carbonyl (C=O) groups excluding carboxylic acids is 1. The van der Waals surface area contributed by atoms with Gasteiger partial charge in [0, 0.05) is 23.7 Å². The minimum atomic E-state index is -0.310. The molecule has 0 fully saturated rings. The van der Waals surface area contributed by atoms with Crippen LogP contribution < -0.4 is 14.8 Å². The average molecular weight is 326 g/mol. The largest absolute Gasteiger partial charge is 0.497 e. The topological polar surface area (TPSA) is 78.3 Å². The molecular weight excluding hydrogens is 308 g/mol. The molecule has 2 unspecified atom stereocenters. The fourth-order valence-corrected chi connectivity index (χ4v) is 3.49. The number of aromatic nitrogens is 3. The molecule has 7 nitrogen and oxygen atoms in total. The van der Waals surface area contributed by atoms with E-state index in [0.717, 1.165) is 17.7 Å². The van der Waals surface area contributed by atoms with Gasteiger partial charge in [-0.3, -0.25) is 4.79 Å². The Bertz CT molecular complexity index is 827. The number of carbonyl (C=O) groups is 1. The molecule has 0 saturated carbocycles. The number of Topliss-reactive ketones (excluding diaryl/α,β-unsaturated/α-hetero) is 1. The quantitative estimate of drug-likeness (QED) is 0.931. The first kappa shape index (κ1) is 14.7. The van der Waals surface area contributed by atoms with Crippen LogP contribution in [0.25, 0.3) is 0 Å². The summed E-state index contributed by atoms with van der Waals surface area (Å²) in [4.78, 5) is 16.9. The molecule has 0 saturated heterocycles. The lowest BCUT2D eigenvalue weighted by Crippen LogP contribution is -2.38. The predicted molar refractivity (Wildman–Crippen MR) is 87.1 cm³/mol. The number of nitrogens with zero attached hydrogens (tertiary/aromatic N) is 3. The SMILES string of the molecule is COc1ccc(C2C3C(=O)CCC=C3Nc3ncnn32)c(OC)c1. The third-order valence-electron chi connectivity index (χ3n) is 4.60. The van der Waals surface area contributed by atoms with Crippen molar-refractivity contribution < 1.29 is 14.3 Å². The summed E-state index contributed by atoms with van der Waals surface area (Å²) in [5.41, 5.74) is 1.78. The smallest absolute Gasteiger partial charge is 0.226 e. The number of ketones is 1. The van der Waals surface area contributed by atoms with E-state index < -0.39 is 0 Å². The molecule has 2 heterocycles. The predicted octanol–water partition coefficient (Wildman–Crippen LogP) is 2.17. The Labute approximate surface area is 139 Å². The second-order valence-corrected chi connectivity index (χ2v) is 5.85. The molecule has 0 spiro atoms. The number of anilines is 1. The number of methoxy groups -OCH3 is 2. The fourth-order valence-electron chi connectivity index (χ4n) is 3.49. The Hall–Kier alpha value is -2.83. The van der Waals surface area contributed by atoms with Crippen molar-refractivity contribution in [1.29, 1.82) is 0 Å². The molecule has 7 heteroatoms.